The number of hydrogen-bond acceptors (Lipinski definition) is 8. The smallest absolute Gasteiger partial charge is 0.407 e. The molecule has 0 bridgehead atoms. The van der Waals surface area contributed by atoms with Crippen molar-refractivity contribution in [3.05, 3.63) is 52.6 Å². The van der Waals surface area contributed by atoms with E-state index in [-0.39, 0.29) is 28.6 Å². The molecule has 1 aromatic carbocycles. The highest BCUT2D eigenvalue weighted by molar-refractivity contribution is 7.88. The number of carbonyl (C=O) groups is 1. The molecular weight excluding hydrogens is 561 g/mol. The summed E-state index contributed by atoms with van der Waals surface area (Å²) in [6.07, 6.45) is 4.14. The van der Waals surface area contributed by atoms with Gasteiger partial charge in [-0.3, -0.25) is 0 Å². The van der Waals surface area contributed by atoms with E-state index in [4.69, 9.17) is 22.1 Å². The third-order valence-corrected chi connectivity index (χ3v) is 7.21. The molecule has 0 saturated heterocycles. The number of nitrogens with two attached hydrogens (primary N) is 1. The Labute approximate surface area is 239 Å². The summed E-state index contributed by atoms with van der Waals surface area (Å²) in [5.74, 6) is -0.503. The topological polar surface area (TPSA) is 151 Å². The molecule has 1 saturated carbocycles. The minimum atomic E-state index is -3.53. The van der Waals surface area contributed by atoms with Crippen LogP contribution in [-0.2, 0) is 14.8 Å². The Hall–Kier alpha value is -3.16. The lowest BCUT2D eigenvalue weighted by atomic mass is 9.90. The Morgan fingerprint density at radius 1 is 1.27 bits per heavy atom. The maximum atomic E-state index is 13.8. The van der Waals surface area contributed by atoms with Crippen LogP contribution in [-0.4, -0.2) is 61.7 Å². The molecule has 1 aliphatic carbocycles. The molecule has 1 heterocycles. The fourth-order valence-electron chi connectivity index (χ4n) is 4.39. The molecule has 3 rings (SSSR count). The van der Waals surface area contributed by atoms with Crippen LogP contribution in [0.15, 0.2) is 51.8 Å². The molecule has 1 fully saturated rings. The maximum absolute atomic E-state index is 13.8. The van der Waals surface area contributed by atoms with Gasteiger partial charge in [0.05, 0.1) is 40.1 Å². The van der Waals surface area contributed by atoms with Crippen LogP contribution in [0.3, 0.4) is 0 Å². The molecule has 1 aliphatic heterocycles. The second kappa shape index (κ2) is 12.6. The van der Waals surface area contributed by atoms with Gasteiger partial charge >= 0.3 is 6.09 Å². The number of ether oxygens (including phenoxy) is 1. The Kier molecular flexibility index (Phi) is 9.85. The molecule has 1 amide bonds. The van der Waals surface area contributed by atoms with Gasteiger partial charge in [0.15, 0.2) is 0 Å². The first kappa shape index (κ1) is 31.4. The standard InChI is InChI=1S/C26H37ClFN7O4S/c1-15-23(31-18-8-10-19(11-9-18)32-25(36)39-26(3,4)5)20(14-30-35(15)16(2)34-40(6,37)38)24(29)33-22-13-17(28)7-12-21(22)27/h7,12-14,16,18-19,31,34H,1,8-11H2,2-6H3,(H2,29,33)(H,32,36)/t16?,18-,19-. The van der Waals surface area contributed by atoms with Gasteiger partial charge in [0, 0.05) is 18.2 Å². The van der Waals surface area contributed by atoms with Crippen molar-refractivity contribution in [2.75, 3.05) is 6.26 Å². The molecule has 0 radical (unpaired) electrons. The van der Waals surface area contributed by atoms with Crippen LogP contribution in [0.2, 0.25) is 5.02 Å². The third kappa shape index (κ3) is 8.93. The van der Waals surface area contributed by atoms with Gasteiger partial charge in [-0.25, -0.2) is 27.6 Å². The molecule has 1 aromatic rings. The van der Waals surface area contributed by atoms with Gasteiger partial charge in [0.25, 0.3) is 0 Å². The normalized spacial score (nSPS) is 21.3. The largest absolute Gasteiger partial charge is 0.444 e. The fourth-order valence-corrected chi connectivity index (χ4v) is 5.27. The summed E-state index contributed by atoms with van der Waals surface area (Å²) in [4.78, 5) is 16.5. The van der Waals surface area contributed by atoms with Crippen molar-refractivity contribution in [1.82, 2.24) is 20.4 Å². The van der Waals surface area contributed by atoms with E-state index in [0.29, 0.717) is 42.7 Å². The van der Waals surface area contributed by atoms with Crippen LogP contribution in [0.5, 0.6) is 0 Å². The molecule has 5 N–H and O–H groups in total. The van der Waals surface area contributed by atoms with Gasteiger partial charge < -0.3 is 21.1 Å². The fraction of sp³-hybridized carbons (Fsp3) is 0.500. The Morgan fingerprint density at radius 3 is 2.50 bits per heavy atom. The number of nitrogens with zero attached hydrogens (tertiary/aromatic N) is 3. The van der Waals surface area contributed by atoms with E-state index in [9.17, 15) is 17.6 Å². The minimum absolute atomic E-state index is 0.0172. The number of amides is 1. The predicted molar refractivity (Wildman–Crippen MR) is 155 cm³/mol. The van der Waals surface area contributed by atoms with Crippen molar-refractivity contribution in [3.8, 4) is 0 Å². The summed E-state index contributed by atoms with van der Waals surface area (Å²) in [5.41, 5.74) is 7.16. The maximum Gasteiger partial charge on any atom is 0.407 e. The van der Waals surface area contributed by atoms with Crippen LogP contribution in [0.1, 0.15) is 53.4 Å². The number of hydrazone groups is 1. The van der Waals surface area contributed by atoms with Gasteiger partial charge in [-0.2, -0.15) is 9.82 Å². The quantitative estimate of drug-likeness (QED) is 0.262. The van der Waals surface area contributed by atoms with Crippen molar-refractivity contribution >= 4 is 45.5 Å². The molecule has 40 heavy (non-hydrogen) atoms. The molecular formula is C26H37ClFN7O4S. The number of halogens is 2. The summed E-state index contributed by atoms with van der Waals surface area (Å²) in [6.45, 7) is 11.2. The van der Waals surface area contributed by atoms with E-state index >= 15 is 0 Å². The SMILES string of the molecule is C=C1C(N[C@H]2CC[C@H](NC(=O)OC(C)(C)C)CC2)=C(/C(N)=N/c2cc(F)ccc2Cl)C=NN1C(C)NS(C)(=O)=O. The molecule has 11 nitrogen and oxygen atoms in total. The molecule has 220 valence electrons. The molecule has 1 atom stereocenters. The summed E-state index contributed by atoms with van der Waals surface area (Å²) in [5, 5.41) is 12.4. The second-order valence-electron chi connectivity index (χ2n) is 10.8. The first-order valence-electron chi connectivity index (χ1n) is 12.8. The first-order valence-corrected chi connectivity index (χ1v) is 15.1. The van der Waals surface area contributed by atoms with Crippen LogP contribution in [0.4, 0.5) is 14.9 Å². The van der Waals surface area contributed by atoms with Gasteiger partial charge in [-0.05, 0) is 65.5 Å². The van der Waals surface area contributed by atoms with Crippen molar-refractivity contribution in [2.45, 2.75) is 77.2 Å². The van der Waals surface area contributed by atoms with Crippen LogP contribution in [0.25, 0.3) is 0 Å². The van der Waals surface area contributed by atoms with Gasteiger partial charge in [-0.1, -0.05) is 18.2 Å². The Bertz CT molecular complexity index is 1330. The number of sulfonamides is 1. The predicted octanol–water partition coefficient (Wildman–Crippen LogP) is 3.86. The zero-order chi connectivity index (χ0) is 29.8. The molecule has 0 spiro atoms. The Morgan fingerprint density at radius 2 is 1.90 bits per heavy atom. The van der Waals surface area contributed by atoms with Crippen molar-refractivity contribution in [2.24, 2.45) is 15.8 Å². The van der Waals surface area contributed by atoms with Gasteiger partial charge in [-0.15, -0.1) is 0 Å². The molecule has 0 aromatic heterocycles. The highest BCUT2D eigenvalue weighted by Gasteiger charge is 2.30. The summed E-state index contributed by atoms with van der Waals surface area (Å²) in [7, 11) is -3.53. The lowest BCUT2D eigenvalue weighted by molar-refractivity contribution is 0.0490. The van der Waals surface area contributed by atoms with E-state index < -0.39 is 33.7 Å². The highest BCUT2D eigenvalue weighted by Crippen LogP contribution is 2.29. The summed E-state index contributed by atoms with van der Waals surface area (Å²) >= 11 is 6.19. The van der Waals surface area contributed by atoms with Crippen molar-refractivity contribution < 1.29 is 22.3 Å². The number of nitrogens with one attached hydrogen (secondary N) is 3. The van der Waals surface area contributed by atoms with E-state index in [0.717, 1.165) is 6.26 Å². The highest BCUT2D eigenvalue weighted by atomic mass is 35.5. The van der Waals surface area contributed by atoms with Gasteiger partial charge in [0.1, 0.15) is 23.4 Å². The average molecular weight is 598 g/mol. The zero-order valence-electron chi connectivity index (χ0n) is 23.3. The van der Waals surface area contributed by atoms with Crippen LogP contribution < -0.4 is 21.1 Å². The lowest BCUT2D eigenvalue weighted by Crippen LogP contribution is -2.48. The number of amidine groups is 1. The van der Waals surface area contributed by atoms with E-state index in [1.807, 2.05) is 20.8 Å². The van der Waals surface area contributed by atoms with Gasteiger partial charge in [0.2, 0.25) is 10.0 Å². The van der Waals surface area contributed by atoms with E-state index in [1.54, 1.807) is 6.92 Å². The average Bonchev–Trinajstić information content (AvgIpc) is 2.81. The third-order valence-electron chi connectivity index (χ3n) is 6.12. The van der Waals surface area contributed by atoms with Crippen molar-refractivity contribution in [1.29, 1.82) is 0 Å². The van der Waals surface area contributed by atoms with Crippen LogP contribution in [0, 0.1) is 5.82 Å². The molecule has 1 unspecified atom stereocenters. The first-order chi connectivity index (χ1) is 18.5. The number of aliphatic imine (C=N–C) groups is 1. The number of alkyl carbamates (subject to hydrolysis) is 1. The number of benzene rings is 1. The van der Waals surface area contributed by atoms with Crippen LogP contribution >= 0.6 is 11.6 Å². The number of hydrogen-bond donors (Lipinski definition) is 4. The second-order valence-corrected chi connectivity index (χ2v) is 13.0. The van der Waals surface area contributed by atoms with E-state index in [1.165, 1.54) is 29.4 Å². The molecule has 14 heteroatoms. The summed E-state index contributed by atoms with van der Waals surface area (Å²) < 4.78 is 45.3. The number of rotatable bonds is 8. The molecule has 2 aliphatic rings. The zero-order valence-corrected chi connectivity index (χ0v) is 24.9. The summed E-state index contributed by atoms with van der Waals surface area (Å²) in [6, 6.07) is 3.72. The minimum Gasteiger partial charge on any atom is -0.444 e. The van der Waals surface area contributed by atoms with Crippen molar-refractivity contribution in [3.63, 3.8) is 0 Å². The van der Waals surface area contributed by atoms with E-state index in [2.05, 4.69) is 32.0 Å². The number of carbonyl (C=O) groups excluding carboxylic acids is 1. The lowest BCUT2D eigenvalue weighted by Gasteiger charge is -2.36. The Balaban J connectivity index is 1.84. The monoisotopic (exact) mass is 597 g/mol.